The van der Waals surface area contributed by atoms with Crippen molar-refractivity contribution in [2.75, 3.05) is 0 Å². The van der Waals surface area contributed by atoms with E-state index in [0.717, 1.165) is 10.6 Å². The van der Waals surface area contributed by atoms with E-state index in [4.69, 9.17) is 0 Å². The van der Waals surface area contributed by atoms with E-state index < -0.39 is 0 Å². The number of hydrogen-bond donors (Lipinski definition) is 2. The summed E-state index contributed by atoms with van der Waals surface area (Å²) in [4.78, 5) is 1.02. The topological polar surface area (TPSA) is 0 Å². The Hall–Kier alpha value is -1.64. The number of benzene rings is 3. The summed E-state index contributed by atoms with van der Waals surface area (Å²) in [6.07, 6.45) is 0. The molecule has 0 N–H and O–H groups in total. The van der Waals surface area contributed by atoms with Gasteiger partial charge in [-0.3, -0.25) is 0 Å². The van der Waals surface area contributed by atoms with Crippen LogP contribution >= 0.6 is 25.3 Å². The first kappa shape index (κ1) is 18.4. The predicted molar refractivity (Wildman–Crippen MR) is 104 cm³/mol. The third-order valence-electron chi connectivity index (χ3n) is 2.73. The first-order valence-electron chi connectivity index (χ1n) is 7.13. The lowest BCUT2D eigenvalue weighted by atomic mass is 10.2. The standard InChI is InChI=1S/2C7H8S.C6H6/c1-6-2-4-7(8)5-3-6;8-6-7-4-2-1-3-5-7;1-2-4-6-5-3-1/h2-5,8H,1H3;1-5,8H,6H2;1-6H. The van der Waals surface area contributed by atoms with Gasteiger partial charge < -0.3 is 0 Å². The van der Waals surface area contributed by atoms with Crippen molar-refractivity contribution in [3.63, 3.8) is 0 Å². The quantitative estimate of drug-likeness (QED) is 0.497. The zero-order chi connectivity index (χ0) is 16.0. The third-order valence-corrected chi connectivity index (χ3v) is 3.39. The molecule has 0 saturated carbocycles. The van der Waals surface area contributed by atoms with Crippen LogP contribution < -0.4 is 0 Å². The predicted octanol–water partition coefficient (Wildman–Crippen LogP) is 6.09. The van der Waals surface area contributed by atoms with Crippen LogP contribution in [0.1, 0.15) is 11.1 Å². The molecule has 0 unspecified atom stereocenters. The van der Waals surface area contributed by atoms with Crippen LogP contribution in [-0.4, -0.2) is 0 Å². The monoisotopic (exact) mass is 326 g/mol. The van der Waals surface area contributed by atoms with Crippen molar-refractivity contribution < 1.29 is 0 Å². The lowest BCUT2D eigenvalue weighted by Gasteiger charge is -1.89. The highest BCUT2D eigenvalue weighted by molar-refractivity contribution is 7.80. The van der Waals surface area contributed by atoms with E-state index in [9.17, 15) is 0 Å². The molecule has 3 aromatic rings. The summed E-state index contributed by atoms with van der Waals surface area (Å²) in [5, 5.41) is 0. The Bertz CT molecular complexity index is 542. The van der Waals surface area contributed by atoms with Crippen molar-refractivity contribution in [2.24, 2.45) is 0 Å². The highest BCUT2D eigenvalue weighted by atomic mass is 32.1. The van der Waals surface area contributed by atoms with Gasteiger partial charge in [0.15, 0.2) is 0 Å². The number of rotatable bonds is 1. The van der Waals surface area contributed by atoms with E-state index in [0.29, 0.717) is 0 Å². The highest BCUT2D eigenvalue weighted by Crippen LogP contribution is 2.05. The Balaban J connectivity index is 0.000000167. The molecule has 0 aliphatic rings. The van der Waals surface area contributed by atoms with Crippen LogP contribution in [0.2, 0.25) is 0 Å². The van der Waals surface area contributed by atoms with Crippen molar-refractivity contribution in [1.82, 2.24) is 0 Å². The molecule has 0 spiro atoms. The van der Waals surface area contributed by atoms with Crippen LogP contribution in [0.15, 0.2) is 95.9 Å². The molecule has 3 rings (SSSR count). The van der Waals surface area contributed by atoms with Gasteiger partial charge in [0.1, 0.15) is 0 Å². The molecule has 0 heterocycles. The van der Waals surface area contributed by atoms with Crippen LogP contribution in [0.25, 0.3) is 0 Å². The van der Waals surface area contributed by atoms with Crippen molar-refractivity contribution in [3.8, 4) is 0 Å². The van der Waals surface area contributed by atoms with Gasteiger partial charge in [0.2, 0.25) is 0 Å². The molecule has 0 saturated heterocycles. The van der Waals surface area contributed by atoms with E-state index in [1.165, 1.54) is 11.1 Å². The average molecular weight is 327 g/mol. The fourth-order valence-electron chi connectivity index (χ4n) is 1.51. The first-order valence-corrected chi connectivity index (χ1v) is 8.21. The summed E-state index contributed by atoms with van der Waals surface area (Å²) in [5.41, 5.74) is 2.55. The van der Waals surface area contributed by atoms with Gasteiger partial charge in [-0.15, -0.1) is 12.6 Å². The summed E-state index contributed by atoms with van der Waals surface area (Å²) >= 11 is 8.24. The van der Waals surface area contributed by atoms with Gasteiger partial charge >= 0.3 is 0 Å². The number of aryl methyl sites for hydroxylation is 1. The molecule has 22 heavy (non-hydrogen) atoms. The van der Waals surface area contributed by atoms with Gasteiger partial charge in [-0.05, 0) is 24.6 Å². The Morgan fingerprint density at radius 3 is 1.36 bits per heavy atom. The minimum Gasteiger partial charge on any atom is -0.175 e. The second kappa shape index (κ2) is 12.0. The van der Waals surface area contributed by atoms with Gasteiger partial charge in [0.25, 0.3) is 0 Å². The van der Waals surface area contributed by atoms with Crippen LogP contribution in [-0.2, 0) is 5.75 Å². The Morgan fingerprint density at radius 1 is 0.636 bits per heavy atom. The molecule has 0 aromatic heterocycles. The van der Waals surface area contributed by atoms with E-state index >= 15 is 0 Å². The molecule has 0 radical (unpaired) electrons. The summed E-state index contributed by atoms with van der Waals surface area (Å²) in [6.45, 7) is 2.06. The molecular weight excluding hydrogens is 304 g/mol. The van der Waals surface area contributed by atoms with Gasteiger partial charge in [0.05, 0.1) is 0 Å². The SMILES string of the molecule is Cc1ccc(S)cc1.SCc1ccccc1.c1ccccc1. The Morgan fingerprint density at radius 2 is 1.05 bits per heavy atom. The maximum Gasteiger partial charge on any atom is 0.0154 e. The molecule has 2 heteroatoms. The number of hydrogen-bond acceptors (Lipinski definition) is 2. The lowest BCUT2D eigenvalue weighted by Crippen LogP contribution is -1.71. The Kier molecular flexibility index (Phi) is 10.0. The van der Waals surface area contributed by atoms with Crippen LogP contribution in [0.3, 0.4) is 0 Å². The summed E-state index contributed by atoms with van der Waals surface area (Å²) in [6, 6.07) is 30.2. The van der Waals surface area contributed by atoms with E-state index in [1.807, 2.05) is 78.9 Å². The second-order valence-electron chi connectivity index (χ2n) is 4.63. The summed E-state index contributed by atoms with van der Waals surface area (Å²) in [7, 11) is 0. The zero-order valence-corrected chi connectivity index (χ0v) is 14.6. The summed E-state index contributed by atoms with van der Waals surface area (Å²) < 4.78 is 0. The molecule has 114 valence electrons. The van der Waals surface area contributed by atoms with E-state index in [-0.39, 0.29) is 0 Å². The zero-order valence-electron chi connectivity index (χ0n) is 12.8. The maximum absolute atomic E-state index is 4.13. The average Bonchev–Trinajstić information content (AvgIpc) is 2.61. The van der Waals surface area contributed by atoms with Crippen LogP contribution in [0, 0.1) is 6.92 Å². The molecule has 3 aromatic carbocycles. The molecule has 0 fully saturated rings. The molecule has 0 aliphatic carbocycles. The van der Waals surface area contributed by atoms with Gasteiger partial charge in [-0.1, -0.05) is 84.4 Å². The van der Waals surface area contributed by atoms with Gasteiger partial charge in [-0.25, -0.2) is 0 Å². The minimum atomic E-state index is 0.834. The normalized spacial score (nSPS) is 8.86. The second-order valence-corrected chi connectivity index (χ2v) is 5.47. The maximum atomic E-state index is 4.13. The van der Waals surface area contributed by atoms with E-state index in [2.05, 4.69) is 44.3 Å². The van der Waals surface area contributed by atoms with Gasteiger partial charge in [0, 0.05) is 10.6 Å². The number of thiol groups is 2. The summed E-state index contributed by atoms with van der Waals surface area (Å²) in [5.74, 6) is 0.834. The smallest absolute Gasteiger partial charge is 0.0154 e. The third kappa shape index (κ3) is 9.32. The largest absolute Gasteiger partial charge is 0.175 e. The molecular formula is C20H22S2. The fourth-order valence-corrected chi connectivity index (χ4v) is 1.87. The first-order chi connectivity index (χ1) is 10.7. The minimum absolute atomic E-state index is 0.834. The molecule has 0 nitrogen and oxygen atoms in total. The van der Waals surface area contributed by atoms with Crippen molar-refractivity contribution in [2.45, 2.75) is 17.6 Å². The van der Waals surface area contributed by atoms with Crippen molar-refractivity contribution in [3.05, 3.63) is 102 Å². The molecule has 0 amide bonds. The highest BCUT2D eigenvalue weighted by Gasteiger charge is 1.81. The van der Waals surface area contributed by atoms with Crippen LogP contribution in [0.5, 0.6) is 0 Å². The molecule has 0 bridgehead atoms. The van der Waals surface area contributed by atoms with Crippen molar-refractivity contribution in [1.29, 1.82) is 0 Å². The van der Waals surface area contributed by atoms with Gasteiger partial charge in [-0.2, -0.15) is 12.6 Å². The lowest BCUT2D eigenvalue weighted by molar-refractivity contribution is 1.39. The van der Waals surface area contributed by atoms with Crippen molar-refractivity contribution >= 4 is 25.3 Å². The van der Waals surface area contributed by atoms with E-state index in [1.54, 1.807) is 0 Å². The Labute approximate surface area is 145 Å². The molecule has 0 aliphatic heterocycles. The fraction of sp³-hybridized carbons (Fsp3) is 0.100. The van der Waals surface area contributed by atoms with Crippen LogP contribution in [0.4, 0.5) is 0 Å². The molecule has 0 atom stereocenters.